The second-order valence-corrected chi connectivity index (χ2v) is 22.5. The minimum Gasteiger partial charge on any atom is -0.508 e. The molecule has 352 valence electrons. The van der Waals surface area contributed by atoms with Crippen LogP contribution in [0.15, 0.2) is 77.3 Å². The summed E-state index contributed by atoms with van der Waals surface area (Å²) in [6, 6.07) is 19.1. The minimum absolute atomic E-state index is 0.0714. The molecule has 1 saturated heterocycles. The van der Waals surface area contributed by atoms with Crippen LogP contribution in [-0.2, 0) is 27.0 Å². The Labute approximate surface area is 388 Å². The highest BCUT2D eigenvalue weighted by Gasteiger charge is 2.60. The molecule has 0 aromatic heterocycles. The zero-order valence-corrected chi connectivity index (χ0v) is 38.6. The van der Waals surface area contributed by atoms with Gasteiger partial charge >= 0.3 is 0 Å². The number of benzene rings is 3. The van der Waals surface area contributed by atoms with Gasteiger partial charge in [0.25, 0.3) is 10.1 Å². The Morgan fingerprint density at radius 2 is 1.77 bits per heavy atom. The molecule has 5 heterocycles. The summed E-state index contributed by atoms with van der Waals surface area (Å²) in [6.45, 7) is 1.97. The first kappa shape index (κ1) is 45.4. The molecule has 9 N–H and O–H groups in total. The average molecular weight is 920 g/mol. The molecule has 14 atom stereocenters. The fourth-order valence-corrected chi connectivity index (χ4v) is 15.4. The number of fused-ring (bicyclic) bond motifs is 10. The SMILES string of the molecule is C[C@@H]1CCc2cc3ccc2[C@H]1C[C@@H](S(=O)(=O)O)[C@H]1C=C2C[C@H](C[C@H]4C[C@@H](CO)CC#Cc5cc(O)ccc5[C@@H]2O4)[C@@H]1c1ccc(cc1)[C@](N=C(N)N)([C@H]1CC[C@H]2CCC[C@@]2(O)[C@H]1CCO)O3. The predicted molar refractivity (Wildman–Crippen MR) is 251 cm³/mol. The number of aromatic hydroxyl groups is 1. The summed E-state index contributed by atoms with van der Waals surface area (Å²) in [5.74, 6) is 4.81. The van der Waals surface area contributed by atoms with Crippen LogP contribution in [0.3, 0.4) is 0 Å². The molecule has 13 heteroatoms. The molecule has 4 aliphatic carbocycles. The van der Waals surface area contributed by atoms with Gasteiger partial charge in [-0.15, -0.1) is 0 Å². The molecular weight excluding hydrogens is 855 g/mol. The summed E-state index contributed by atoms with van der Waals surface area (Å²) in [6.07, 6.45) is 9.27. The molecule has 0 radical (unpaired) electrons. The standard InChI is InChI=1S/C53H65N3O9S/c1-30-7-8-34-25-40-15-17-42(34)44(30)28-48(66(61,62)63)45-27-36-23-35(26-41-22-31(29-58)4-2-5-33-24-39(59)14-16-43(33)50(36)64-41)49(45)32-9-11-38(12-10-32)53(65-40,56-51(54)55)47-18-13-37-6-3-20-52(37,60)46(47)19-21-57/h9-12,14-17,24-25,27,30-31,35,37,41,44-50,57-60H,3-4,6-8,13,18-23,26,28-29H2,1H3,(H4,54,55,56)(H,61,62,63)/t30-,31+,35-,37-,41-,44+,45-,46+,47+,48-,49+,50-,52+,53-/m1/s1. The second-order valence-electron chi connectivity index (χ2n) is 20.9. The maximum absolute atomic E-state index is 14.2. The molecule has 0 unspecified atom stereocenters. The number of allylic oxidation sites excluding steroid dienone is 1. The number of rotatable bonds is 6. The number of aliphatic hydroxyl groups excluding tert-OH is 2. The van der Waals surface area contributed by atoms with Crippen LogP contribution >= 0.6 is 0 Å². The van der Waals surface area contributed by atoms with Crippen molar-refractivity contribution in [1.29, 1.82) is 0 Å². The van der Waals surface area contributed by atoms with Crippen LogP contribution in [0.25, 0.3) is 0 Å². The highest BCUT2D eigenvalue weighted by Crippen LogP contribution is 2.59. The van der Waals surface area contributed by atoms with Gasteiger partial charge in [-0.2, -0.15) is 8.42 Å². The first-order valence-corrected chi connectivity index (χ1v) is 25.8. The Balaban J connectivity index is 1.20. The highest BCUT2D eigenvalue weighted by molar-refractivity contribution is 7.86. The van der Waals surface area contributed by atoms with Crippen LogP contribution in [0.1, 0.15) is 135 Å². The monoisotopic (exact) mass is 919 g/mol. The van der Waals surface area contributed by atoms with E-state index in [2.05, 4.69) is 24.8 Å². The molecule has 5 aliphatic heterocycles. The lowest BCUT2D eigenvalue weighted by Crippen LogP contribution is -2.56. The quantitative estimate of drug-likeness (QED) is 0.0435. The zero-order chi connectivity index (χ0) is 46.1. The van der Waals surface area contributed by atoms with Crippen LogP contribution in [0.4, 0.5) is 0 Å². The summed E-state index contributed by atoms with van der Waals surface area (Å²) >= 11 is 0. The Morgan fingerprint density at radius 1 is 0.970 bits per heavy atom. The topological polar surface area (TPSA) is 218 Å². The number of nitrogens with zero attached hydrogens (tertiary/aromatic N) is 1. The van der Waals surface area contributed by atoms with E-state index in [1.807, 2.05) is 48.5 Å². The Hall–Kier alpha value is -4.42. The normalized spacial score (nSPS) is 36.9. The number of guanidine groups is 1. The van der Waals surface area contributed by atoms with Gasteiger partial charge in [-0.05, 0) is 159 Å². The Bertz CT molecular complexity index is 2570. The first-order chi connectivity index (χ1) is 31.7. The molecule has 3 aromatic rings. The van der Waals surface area contributed by atoms with Crippen molar-refractivity contribution in [3.8, 4) is 23.3 Å². The molecule has 0 amide bonds. The van der Waals surface area contributed by atoms with E-state index in [9.17, 15) is 33.4 Å². The van der Waals surface area contributed by atoms with Crippen molar-refractivity contribution in [2.45, 2.75) is 131 Å². The largest absolute Gasteiger partial charge is 0.508 e. The fraction of sp³-hybridized carbons (Fsp3) is 0.566. The van der Waals surface area contributed by atoms with E-state index in [1.54, 1.807) is 12.1 Å². The van der Waals surface area contributed by atoms with E-state index >= 15 is 0 Å². The van der Waals surface area contributed by atoms with Crippen LogP contribution in [-0.4, -0.2) is 69.5 Å². The summed E-state index contributed by atoms with van der Waals surface area (Å²) in [5.41, 5.74) is 16.3. The van der Waals surface area contributed by atoms with Crippen molar-refractivity contribution in [3.63, 3.8) is 0 Å². The fourth-order valence-electron chi connectivity index (χ4n) is 14.3. The van der Waals surface area contributed by atoms with E-state index < -0.39 is 44.6 Å². The third kappa shape index (κ3) is 8.03. The highest BCUT2D eigenvalue weighted by atomic mass is 32.2. The zero-order valence-electron chi connectivity index (χ0n) is 37.8. The molecule has 3 aromatic carbocycles. The number of aryl methyl sites for hydroxylation is 1. The summed E-state index contributed by atoms with van der Waals surface area (Å²) < 4.78 is 54.5. The number of aliphatic imine (C=N–C) groups is 1. The number of aliphatic hydroxyl groups is 3. The van der Waals surface area contributed by atoms with Crippen LogP contribution in [0, 0.1) is 53.3 Å². The number of phenols is 1. The lowest BCUT2D eigenvalue weighted by Gasteiger charge is -2.52. The number of phenolic OH excluding ortho intramolecular Hbond substituents is 1. The lowest BCUT2D eigenvalue weighted by atomic mass is 9.59. The minimum atomic E-state index is -4.66. The molecule has 0 spiro atoms. The number of nitrogens with two attached hydrogens (primary N) is 2. The first-order valence-electron chi connectivity index (χ1n) is 24.3. The number of hydrogen-bond acceptors (Lipinski definition) is 9. The van der Waals surface area contributed by atoms with Gasteiger partial charge in [0.2, 0.25) is 5.72 Å². The third-order valence-electron chi connectivity index (χ3n) is 17.2. The molecule has 12 rings (SSSR count). The Kier molecular flexibility index (Phi) is 12.1. The van der Waals surface area contributed by atoms with Crippen LogP contribution in [0.5, 0.6) is 11.5 Å². The van der Waals surface area contributed by atoms with Gasteiger partial charge in [0, 0.05) is 48.2 Å². The van der Waals surface area contributed by atoms with Gasteiger partial charge < -0.3 is 41.4 Å². The molecule has 10 bridgehead atoms. The van der Waals surface area contributed by atoms with Crippen molar-refractivity contribution in [2.75, 3.05) is 13.2 Å². The van der Waals surface area contributed by atoms with Gasteiger partial charge in [-0.1, -0.05) is 67.7 Å². The molecule has 2 saturated carbocycles. The second kappa shape index (κ2) is 17.6. The molecule has 66 heavy (non-hydrogen) atoms. The average Bonchev–Trinajstić information content (AvgIpc) is 3.62. The lowest BCUT2D eigenvalue weighted by molar-refractivity contribution is -0.153. The smallest absolute Gasteiger partial charge is 0.268 e. The van der Waals surface area contributed by atoms with Gasteiger partial charge in [0.15, 0.2) is 5.96 Å². The summed E-state index contributed by atoms with van der Waals surface area (Å²) in [4.78, 5) is 5.07. The van der Waals surface area contributed by atoms with Gasteiger partial charge in [-0.25, -0.2) is 4.99 Å². The maximum atomic E-state index is 14.2. The summed E-state index contributed by atoms with van der Waals surface area (Å²) in [7, 11) is -4.66. The van der Waals surface area contributed by atoms with Gasteiger partial charge in [0.05, 0.1) is 17.0 Å². The van der Waals surface area contributed by atoms with Gasteiger partial charge in [-0.3, -0.25) is 4.55 Å². The van der Waals surface area contributed by atoms with Crippen LogP contribution in [0.2, 0.25) is 0 Å². The van der Waals surface area contributed by atoms with Crippen molar-refractivity contribution in [1.82, 2.24) is 0 Å². The van der Waals surface area contributed by atoms with E-state index in [0.717, 1.165) is 59.9 Å². The molecule has 12 nitrogen and oxygen atoms in total. The van der Waals surface area contributed by atoms with Gasteiger partial charge in [0.1, 0.15) is 17.6 Å². The maximum Gasteiger partial charge on any atom is 0.268 e. The summed E-state index contributed by atoms with van der Waals surface area (Å²) in [5, 5.41) is 43.2. The van der Waals surface area contributed by atoms with Crippen molar-refractivity contribution in [3.05, 3.63) is 106 Å². The van der Waals surface area contributed by atoms with Crippen LogP contribution < -0.4 is 16.2 Å². The molecular formula is C53H65N3O9S. The van der Waals surface area contributed by atoms with Crippen molar-refractivity contribution in [2.24, 2.45) is 57.9 Å². The molecule has 9 aliphatic rings. The predicted octanol–water partition coefficient (Wildman–Crippen LogP) is 7.09. The third-order valence-corrected chi connectivity index (χ3v) is 18.5. The van der Waals surface area contributed by atoms with Crippen molar-refractivity contribution < 1.29 is 42.9 Å². The van der Waals surface area contributed by atoms with E-state index in [1.165, 1.54) is 0 Å². The van der Waals surface area contributed by atoms with E-state index in [0.29, 0.717) is 61.8 Å². The van der Waals surface area contributed by atoms with E-state index in [4.69, 9.17) is 25.9 Å². The molecule has 3 fully saturated rings. The number of hydrogen-bond donors (Lipinski definition) is 7. The Morgan fingerprint density at radius 3 is 2.53 bits per heavy atom. The number of ether oxygens (including phenoxy) is 2. The van der Waals surface area contributed by atoms with Crippen molar-refractivity contribution >= 4 is 16.1 Å². The van der Waals surface area contributed by atoms with E-state index in [-0.39, 0.29) is 78.9 Å².